The first kappa shape index (κ1) is 25.8. The number of imidazole rings is 1. The topological polar surface area (TPSA) is 80.1 Å². The predicted molar refractivity (Wildman–Crippen MR) is 159 cm³/mol. The smallest absolute Gasteiger partial charge is 0.335 e. The van der Waals surface area contributed by atoms with Crippen LogP contribution in [0, 0.1) is 6.92 Å². The van der Waals surface area contributed by atoms with E-state index in [9.17, 15) is 9.90 Å². The Morgan fingerprint density at radius 1 is 1.05 bits per heavy atom. The monoisotopic (exact) mass is 550 g/mol. The van der Waals surface area contributed by atoms with Gasteiger partial charge in [0.2, 0.25) is 0 Å². The average molecular weight is 551 g/mol. The van der Waals surface area contributed by atoms with Gasteiger partial charge in [0.05, 0.1) is 41.5 Å². The van der Waals surface area contributed by atoms with E-state index in [1.54, 1.807) is 12.1 Å². The first-order valence-corrected chi connectivity index (χ1v) is 14.4. The van der Waals surface area contributed by atoms with E-state index in [4.69, 9.17) is 14.5 Å². The van der Waals surface area contributed by atoms with Gasteiger partial charge in [-0.25, -0.2) is 9.78 Å². The summed E-state index contributed by atoms with van der Waals surface area (Å²) in [7, 11) is 0. The number of benzene rings is 3. The molecule has 4 aromatic rings. The zero-order valence-electron chi connectivity index (χ0n) is 23.2. The number of para-hydroxylation sites is 1. The van der Waals surface area contributed by atoms with Crippen LogP contribution in [0.15, 0.2) is 66.7 Å². The molecule has 3 aromatic carbocycles. The van der Waals surface area contributed by atoms with Crippen molar-refractivity contribution in [3.05, 3.63) is 94.8 Å². The van der Waals surface area contributed by atoms with Gasteiger partial charge >= 0.3 is 5.97 Å². The number of aromatic carboxylic acids is 1. The van der Waals surface area contributed by atoms with Crippen molar-refractivity contribution in [3.63, 3.8) is 0 Å². The quantitative estimate of drug-likeness (QED) is 0.335. The van der Waals surface area contributed by atoms with Gasteiger partial charge < -0.3 is 24.0 Å². The van der Waals surface area contributed by atoms with Crippen LogP contribution >= 0.6 is 0 Å². The third kappa shape index (κ3) is 5.09. The molecule has 8 nitrogen and oxygen atoms in total. The van der Waals surface area contributed by atoms with Crippen molar-refractivity contribution < 1.29 is 19.4 Å². The number of fused-ring (bicyclic) bond motifs is 2. The van der Waals surface area contributed by atoms with Gasteiger partial charge in [-0.05, 0) is 49.2 Å². The van der Waals surface area contributed by atoms with Crippen LogP contribution in [-0.4, -0.2) is 64.4 Å². The number of carbonyl (C=O) groups is 1. The summed E-state index contributed by atoms with van der Waals surface area (Å²) in [5, 5.41) is 9.54. The molecular weight excluding hydrogens is 516 g/mol. The summed E-state index contributed by atoms with van der Waals surface area (Å²) >= 11 is 0. The van der Waals surface area contributed by atoms with E-state index in [0.717, 1.165) is 78.6 Å². The molecule has 2 unspecified atom stereocenters. The lowest BCUT2D eigenvalue weighted by atomic mass is 10.0. The van der Waals surface area contributed by atoms with Crippen molar-refractivity contribution in [2.75, 3.05) is 37.7 Å². The van der Waals surface area contributed by atoms with Crippen molar-refractivity contribution in [2.24, 2.45) is 0 Å². The van der Waals surface area contributed by atoms with Crippen LogP contribution in [0.4, 0.5) is 5.69 Å². The van der Waals surface area contributed by atoms with Gasteiger partial charge in [-0.15, -0.1) is 0 Å². The Labute approximate surface area is 239 Å². The van der Waals surface area contributed by atoms with Gasteiger partial charge in [0.25, 0.3) is 0 Å². The lowest BCUT2D eigenvalue weighted by Gasteiger charge is -2.37. The molecule has 41 heavy (non-hydrogen) atoms. The normalized spacial score (nSPS) is 20.5. The molecule has 3 aliphatic rings. The largest absolute Gasteiger partial charge is 0.479 e. The van der Waals surface area contributed by atoms with Crippen LogP contribution in [0.3, 0.4) is 0 Å². The summed E-state index contributed by atoms with van der Waals surface area (Å²) in [6, 6.07) is 20.1. The van der Waals surface area contributed by atoms with Gasteiger partial charge in [0.15, 0.2) is 5.75 Å². The zero-order chi connectivity index (χ0) is 27.9. The molecule has 8 heteroatoms. The standard InChI is InChI=1S/C33H34N4O4/c1-22-5-7-23(8-6-22)30-12-10-24-3-2-4-28(32(24)41-30)36-16-14-35(15-17-36)21-31-34-27-11-9-25(33(38)39)19-29(27)37(31)20-26-13-18-40-26/h2-12,19,26,30H,13-18,20-21H2,1H3,(H,38,39). The highest BCUT2D eigenvalue weighted by molar-refractivity contribution is 5.92. The summed E-state index contributed by atoms with van der Waals surface area (Å²) in [6.45, 7) is 7.83. The van der Waals surface area contributed by atoms with E-state index >= 15 is 0 Å². The van der Waals surface area contributed by atoms with Gasteiger partial charge in [0, 0.05) is 38.3 Å². The lowest BCUT2D eigenvalue weighted by Crippen LogP contribution is -2.46. The van der Waals surface area contributed by atoms with Crippen molar-refractivity contribution in [2.45, 2.75) is 38.6 Å². The number of piperazine rings is 1. The summed E-state index contributed by atoms with van der Waals surface area (Å²) in [5.41, 5.74) is 6.61. The third-order valence-corrected chi connectivity index (χ3v) is 8.46. The summed E-state index contributed by atoms with van der Waals surface area (Å²) in [6.07, 6.45) is 5.38. The molecule has 0 spiro atoms. The van der Waals surface area contributed by atoms with Crippen LogP contribution in [0.25, 0.3) is 17.1 Å². The minimum atomic E-state index is -0.926. The van der Waals surface area contributed by atoms with Gasteiger partial charge in [0.1, 0.15) is 11.9 Å². The third-order valence-electron chi connectivity index (χ3n) is 8.46. The number of aryl methyl sites for hydroxylation is 1. The highest BCUT2D eigenvalue weighted by Gasteiger charge is 2.27. The van der Waals surface area contributed by atoms with E-state index < -0.39 is 5.97 Å². The zero-order valence-corrected chi connectivity index (χ0v) is 23.2. The number of hydrogen-bond donors (Lipinski definition) is 1. The summed E-state index contributed by atoms with van der Waals surface area (Å²) in [5.74, 6) is 0.980. The van der Waals surface area contributed by atoms with Crippen LogP contribution < -0.4 is 9.64 Å². The number of ether oxygens (including phenoxy) is 2. The maximum atomic E-state index is 11.6. The maximum absolute atomic E-state index is 11.6. The number of anilines is 1. The Balaban J connectivity index is 1.07. The number of aromatic nitrogens is 2. The molecule has 210 valence electrons. The van der Waals surface area contributed by atoms with Gasteiger partial charge in [-0.1, -0.05) is 48.0 Å². The SMILES string of the molecule is Cc1ccc(C2C=Cc3cccc(N4CCN(Cc5nc6ccc(C(=O)O)cc6n5CC5CCO5)CC4)c3O2)cc1. The first-order valence-electron chi connectivity index (χ1n) is 14.4. The fraction of sp³-hybridized carbons (Fsp3) is 0.333. The predicted octanol–water partition coefficient (Wildman–Crippen LogP) is 5.30. The lowest BCUT2D eigenvalue weighted by molar-refractivity contribution is -0.0592. The molecule has 1 N–H and O–H groups in total. The van der Waals surface area contributed by atoms with Crippen LogP contribution in [-0.2, 0) is 17.8 Å². The van der Waals surface area contributed by atoms with Crippen LogP contribution in [0.2, 0.25) is 0 Å². The van der Waals surface area contributed by atoms with Crippen LogP contribution in [0.5, 0.6) is 5.75 Å². The molecule has 2 atom stereocenters. The van der Waals surface area contributed by atoms with E-state index in [2.05, 4.69) is 75.9 Å². The second kappa shape index (κ2) is 10.7. The highest BCUT2D eigenvalue weighted by Crippen LogP contribution is 2.40. The van der Waals surface area contributed by atoms with Gasteiger partial charge in [-0.2, -0.15) is 0 Å². The molecule has 3 aliphatic heterocycles. The molecule has 4 heterocycles. The molecule has 2 saturated heterocycles. The van der Waals surface area contributed by atoms with Crippen molar-refractivity contribution in [1.29, 1.82) is 0 Å². The molecule has 2 fully saturated rings. The fourth-order valence-corrected chi connectivity index (χ4v) is 5.95. The first-order chi connectivity index (χ1) is 20.0. The molecule has 0 aliphatic carbocycles. The van der Waals surface area contributed by atoms with Crippen molar-refractivity contribution in [3.8, 4) is 5.75 Å². The molecule has 0 amide bonds. The Morgan fingerprint density at radius 3 is 2.59 bits per heavy atom. The second-order valence-corrected chi connectivity index (χ2v) is 11.2. The van der Waals surface area contributed by atoms with Gasteiger partial charge in [-0.3, -0.25) is 4.90 Å². The Morgan fingerprint density at radius 2 is 1.85 bits per heavy atom. The van der Waals surface area contributed by atoms with Crippen LogP contribution in [0.1, 0.15) is 45.4 Å². The van der Waals surface area contributed by atoms with E-state index in [-0.39, 0.29) is 17.8 Å². The number of hydrogen-bond acceptors (Lipinski definition) is 6. The molecule has 7 rings (SSSR count). The molecule has 1 aromatic heterocycles. The van der Waals surface area contributed by atoms with E-state index in [1.165, 1.54) is 5.56 Å². The molecular formula is C33H34N4O4. The molecule has 0 saturated carbocycles. The van der Waals surface area contributed by atoms with Crippen molar-refractivity contribution >= 4 is 28.8 Å². The van der Waals surface area contributed by atoms with Crippen molar-refractivity contribution in [1.82, 2.24) is 14.5 Å². The number of nitrogens with zero attached hydrogens (tertiary/aromatic N) is 4. The Kier molecular flexibility index (Phi) is 6.73. The fourth-order valence-electron chi connectivity index (χ4n) is 5.95. The minimum Gasteiger partial charge on any atom is -0.479 e. The molecule has 0 bridgehead atoms. The number of rotatable bonds is 7. The molecule has 0 radical (unpaired) electrons. The number of carboxylic acid groups (broad SMARTS) is 1. The highest BCUT2D eigenvalue weighted by atomic mass is 16.5. The Bertz CT molecular complexity index is 1610. The summed E-state index contributed by atoms with van der Waals surface area (Å²) < 4.78 is 14.5. The minimum absolute atomic E-state index is 0.0974. The van der Waals surface area contributed by atoms with E-state index in [1.807, 2.05) is 6.07 Å². The van der Waals surface area contributed by atoms with E-state index in [0.29, 0.717) is 13.1 Å². The Hall–Kier alpha value is -4.14. The average Bonchev–Trinajstić information content (AvgIpc) is 3.31. The number of carboxylic acids is 1. The second-order valence-electron chi connectivity index (χ2n) is 11.2. The summed E-state index contributed by atoms with van der Waals surface area (Å²) in [4.78, 5) is 21.4. The maximum Gasteiger partial charge on any atom is 0.335 e.